The maximum Gasteiger partial charge on any atom is 0.131 e. The zero-order chi connectivity index (χ0) is 15.4. The van der Waals surface area contributed by atoms with Crippen molar-refractivity contribution in [1.82, 2.24) is 0 Å². The molecule has 0 bridgehead atoms. The molecule has 0 spiro atoms. The topological polar surface area (TPSA) is 41.8 Å². The van der Waals surface area contributed by atoms with Gasteiger partial charge in [0.2, 0.25) is 0 Å². The SMILES string of the molecule is C/C(=N/O)c1ccc(F)cc1OCc1ccc(C)cc1Cl. The van der Waals surface area contributed by atoms with E-state index >= 15 is 0 Å². The van der Waals surface area contributed by atoms with Crippen molar-refractivity contribution in [2.45, 2.75) is 20.5 Å². The van der Waals surface area contributed by atoms with E-state index < -0.39 is 5.82 Å². The van der Waals surface area contributed by atoms with E-state index in [9.17, 15) is 4.39 Å². The Kier molecular flexibility index (Phi) is 4.81. The van der Waals surface area contributed by atoms with Gasteiger partial charge in [-0.25, -0.2) is 4.39 Å². The predicted octanol–water partition coefficient (Wildman–Crippen LogP) is 4.56. The number of hydrogen-bond donors (Lipinski definition) is 1. The van der Waals surface area contributed by atoms with Gasteiger partial charge in [0, 0.05) is 22.2 Å². The van der Waals surface area contributed by atoms with Crippen LogP contribution in [0.4, 0.5) is 4.39 Å². The summed E-state index contributed by atoms with van der Waals surface area (Å²) in [6, 6.07) is 9.69. The fourth-order valence-corrected chi connectivity index (χ4v) is 2.18. The van der Waals surface area contributed by atoms with Gasteiger partial charge in [-0.1, -0.05) is 28.9 Å². The molecule has 2 aromatic rings. The second kappa shape index (κ2) is 6.59. The van der Waals surface area contributed by atoms with Crippen molar-refractivity contribution >= 4 is 17.3 Å². The summed E-state index contributed by atoms with van der Waals surface area (Å²) in [5.74, 6) is -0.114. The molecule has 0 atom stereocenters. The van der Waals surface area contributed by atoms with Gasteiger partial charge in [0.15, 0.2) is 0 Å². The van der Waals surface area contributed by atoms with Crippen molar-refractivity contribution in [1.29, 1.82) is 0 Å². The Labute approximate surface area is 127 Å². The first kappa shape index (κ1) is 15.3. The second-order valence-corrected chi connectivity index (χ2v) is 5.12. The van der Waals surface area contributed by atoms with Crippen molar-refractivity contribution in [2.75, 3.05) is 0 Å². The first-order chi connectivity index (χ1) is 10.0. The predicted molar refractivity (Wildman–Crippen MR) is 80.9 cm³/mol. The number of nitrogens with zero attached hydrogens (tertiary/aromatic N) is 1. The highest BCUT2D eigenvalue weighted by Crippen LogP contribution is 2.24. The zero-order valence-corrected chi connectivity index (χ0v) is 12.5. The fraction of sp³-hybridized carbons (Fsp3) is 0.188. The van der Waals surface area contributed by atoms with Crippen LogP contribution < -0.4 is 4.74 Å². The third-order valence-electron chi connectivity index (χ3n) is 3.08. The summed E-state index contributed by atoms with van der Waals surface area (Å²) in [6.45, 7) is 3.76. The summed E-state index contributed by atoms with van der Waals surface area (Å²) in [7, 11) is 0. The Morgan fingerprint density at radius 2 is 2.05 bits per heavy atom. The number of hydrogen-bond acceptors (Lipinski definition) is 3. The number of benzene rings is 2. The van der Waals surface area contributed by atoms with E-state index in [4.69, 9.17) is 21.5 Å². The lowest BCUT2D eigenvalue weighted by Crippen LogP contribution is -2.03. The van der Waals surface area contributed by atoms with Crippen LogP contribution in [0.5, 0.6) is 5.75 Å². The van der Waals surface area contributed by atoms with Gasteiger partial charge in [0.05, 0.1) is 5.71 Å². The van der Waals surface area contributed by atoms with Crippen LogP contribution in [-0.2, 0) is 6.61 Å². The van der Waals surface area contributed by atoms with Crippen molar-refractivity contribution < 1.29 is 14.3 Å². The van der Waals surface area contributed by atoms with E-state index in [2.05, 4.69) is 5.16 Å². The summed E-state index contributed by atoms with van der Waals surface area (Å²) >= 11 is 6.14. The summed E-state index contributed by atoms with van der Waals surface area (Å²) in [5, 5.41) is 12.6. The van der Waals surface area contributed by atoms with Crippen LogP contribution in [0.15, 0.2) is 41.6 Å². The maximum absolute atomic E-state index is 13.4. The summed E-state index contributed by atoms with van der Waals surface area (Å²) in [4.78, 5) is 0. The highest BCUT2D eigenvalue weighted by Gasteiger charge is 2.10. The summed E-state index contributed by atoms with van der Waals surface area (Å²) in [5.41, 5.74) is 2.73. The molecule has 1 N–H and O–H groups in total. The molecular weight excluding hydrogens is 293 g/mol. The number of aryl methyl sites for hydroxylation is 1. The van der Waals surface area contributed by atoms with Crippen molar-refractivity contribution in [2.24, 2.45) is 5.16 Å². The van der Waals surface area contributed by atoms with E-state index in [1.54, 1.807) is 6.92 Å². The molecule has 0 amide bonds. The van der Waals surface area contributed by atoms with E-state index in [0.717, 1.165) is 11.1 Å². The van der Waals surface area contributed by atoms with E-state index in [0.29, 0.717) is 22.0 Å². The van der Waals surface area contributed by atoms with Crippen molar-refractivity contribution in [3.8, 4) is 5.75 Å². The zero-order valence-electron chi connectivity index (χ0n) is 11.7. The highest BCUT2D eigenvalue weighted by atomic mass is 35.5. The van der Waals surface area contributed by atoms with E-state index in [1.807, 2.05) is 25.1 Å². The van der Waals surface area contributed by atoms with Gasteiger partial charge >= 0.3 is 0 Å². The molecule has 2 rings (SSSR count). The lowest BCUT2D eigenvalue weighted by atomic mass is 10.1. The highest BCUT2D eigenvalue weighted by molar-refractivity contribution is 6.31. The molecule has 5 heteroatoms. The molecule has 21 heavy (non-hydrogen) atoms. The average Bonchev–Trinajstić information content (AvgIpc) is 2.45. The van der Waals surface area contributed by atoms with E-state index in [-0.39, 0.29) is 6.61 Å². The van der Waals surface area contributed by atoms with Crippen LogP contribution in [0.25, 0.3) is 0 Å². The van der Waals surface area contributed by atoms with Gasteiger partial charge in [0.25, 0.3) is 0 Å². The first-order valence-electron chi connectivity index (χ1n) is 6.37. The summed E-state index contributed by atoms with van der Waals surface area (Å²) < 4.78 is 19.0. The Morgan fingerprint density at radius 1 is 1.29 bits per heavy atom. The third-order valence-corrected chi connectivity index (χ3v) is 3.43. The molecule has 0 saturated heterocycles. The minimum Gasteiger partial charge on any atom is -0.488 e. The van der Waals surface area contributed by atoms with Gasteiger partial charge in [-0.2, -0.15) is 0 Å². The van der Waals surface area contributed by atoms with Gasteiger partial charge in [-0.3, -0.25) is 0 Å². The monoisotopic (exact) mass is 307 g/mol. The van der Waals surface area contributed by atoms with Crippen molar-refractivity contribution in [3.63, 3.8) is 0 Å². The molecule has 0 aliphatic rings. The molecule has 2 aromatic carbocycles. The Hall–Kier alpha value is -2.07. The number of halogens is 2. The molecule has 110 valence electrons. The standard InChI is InChI=1S/C16H15ClFNO2/c1-10-3-4-12(15(17)7-10)9-21-16-8-13(18)5-6-14(16)11(2)19-20/h3-8,20H,9H2,1-2H3/b19-11-. The Morgan fingerprint density at radius 3 is 2.71 bits per heavy atom. The molecule has 0 aromatic heterocycles. The molecule has 0 fully saturated rings. The smallest absolute Gasteiger partial charge is 0.131 e. The quantitative estimate of drug-likeness (QED) is 0.511. The van der Waals surface area contributed by atoms with Crippen LogP contribution in [0.1, 0.15) is 23.6 Å². The number of ether oxygens (including phenoxy) is 1. The molecule has 0 heterocycles. The second-order valence-electron chi connectivity index (χ2n) is 4.71. The Bertz CT molecular complexity index is 686. The molecule has 0 aliphatic heterocycles. The minimum absolute atomic E-state index is 0.203. The van der Waals surface area contributed by atoms with Gasteiger partial charge < -0.3 is 9.94 Å². The van der Waals surface area contributed by atoms with Crippen LogP contribution in [0.3, 0.4) is 0 Å². The van der Waals surface area contributed by atoms with Crippen molar-refractivity contribution in [3.05, 3.63) is 63.9 Å². The number of oxime groups is 1. The lowest BCUT2D eigenvalue weighted by molar-refractivity contribution is 0.302. The van der Waals surface area contributed by atoms with Gasteiger partial charge in [-0.15, -0.1) is 0 Å². The van der Waals surface area contributed by atoms with Crippen LogP contribution >= 0.6 is 11.6 Å². The fourth-order valence-electron chi connectivity index (χ4n) is 1.89. The average molecular weight is 308 g/mol. The first-order valence-corrected chi connectivity index (χ1v) is 6.75. The molecule has 0 saturated carbocycles. The van der Waals surface area contributed by atoms with Gasteiger partial charge in [0.1, 0.15) is 18.2 Å². The Balaban J connectivity index is 2.25. The largest absolute Gasteiger partial charge is 0.488 e. The van der Waals surface area contributed by atoms with Gasteiger partial charge in [-0.05, 0) is 37.6 Å². The molecule has 0 aliphatic carbocycles. The van der Waals surface area contributed by atoms with Crippen LogP contribution in [0, 0.1) is 12.7 Å². The molecular formula is C16H15ClFNO2. The molecule has 0 unspecified atom stereocenters. The normalized spacial score (nSPS) is 11.5. The maximum atomic E-state index is 13.4. The molecule has 3 nitrogen and oxygen atoms in total. The lowest BCUT2D eigenvalue weighted by Gasteiger charge is -2.12. The van der Waals surface area contributed by atoms with E-state index in [1.165, 1.54) is 18.2 Å². The van der Waals surface area contributed by atoms with Crippen LogP contribution in [0.2, 0.25) is 5.02 Å². The summed E-state index contributed by atoms with van der Waals surface area (Å²) in [6.07, 6.45) is 0. The third kappa shape index (κ3) is 3.73. The minimum atomic E-state index is -0.422. The molecule has 0 radical (unpaired) electrons. The number of rotatable bonds is 4. The van der Waals surface area contributed by atoms with Crippen LogP contribution in [-0.4, -0.2) is 10.9 Å².